The van der Waals surface area contributed by atoms with Gasteiger partial charge < -0.3 is 15.5 Å². The molecule has 96 valence electrons. The molecule has 2 aliphatic heterocycles. The SMILES string of the molecule is CC1Sc2ccc(N(C)C3CNC3)cc2NC1=O. The molecule has 0 aromatic heterocycles. The zero-order valence-electron chi connectivity index (χ0n) is 10.6. The first-order valence-corrected chi connectivity index (χ1v) is 7.08. The summed E-state index contributed by atoms with van der Waals surface area (Å²) in [4.78, 5) is 15.1. The molecule has 1 amide bonds. The van der Waals surface area contributed by atoms with Gasteiger partial charge in [-0.25, -0.2) is 0 Å². The summed E-state index contributed by atoms with van der Waals surface area (Å²) in [6.45, 7) is 4.00. The molecule has 1 fully saturated rings. The van der Waals surface area contributed by atoms with Crippen molar-refractivity contribution < 1.29 is 4.79 Å². The maximum Gasteiger partial charge on any atom is 0.237 e. The standard InChI is InChI=1S/C13H17N3OS/c1-8-13(17)15-11-5-9(3-4-12(11)18-8)16(2)10-6-14-7-10/h3-5,8,10,14H,6-7H2,1-2H3,(H,15,17). The number of amides is 1. The number of thioether (sulfide) groups is 1. The van der Waals surface area contributed by atoms with Gasteiger partial charge in [0.1, 0.15) is 0 Å². The average Bonchev–Trinajstić information content (AvgIpc) is 2.27. The summed E-state index contributed by atoms with van der Waals surface area (Å²) in [7, 11) is 2.10. The summed E-state index contributed by atoms with van der Waals surface area (Å²) in [5, 5.41) is 6.25. The van der Waals surface area contributed by atoms with Crippen molar-refractivity contribution in [2.75, 3.05) is 30.4 Å². The Balaban J connectivity index is 1.86. The van der Waals surface area contributed by atoms with E-state index in [9.17, 15) is 4.79 Å². The van der Waals surface area contributed by atoms with E-state index in [1.165, 1.54) is 0 Å². The second-order valence-corrected chi connectivity index (χ2v) is 6.24. The normalized spacial score (nSPS) is 23.0. The third-order valence-corrected chi connectivity index (χ3v) is 4.79. The molecule has 5 heteroatoms. The number of hydrogen-bond donors (Lipinski definition) is 2. The number of anilines is 2. The van der Waals surface area contributed by atoms with Gasteiger partial charge in [0.05, 0.1) is 17.0 Å². The van der Waals surface area contributed by atoms with Crippen molar-refractivity contribution in [3.8, 4) is 0 Å². The van der Waals surface area contributed by atoms with Crippen LogP contribution in [0.25, 0.3) is 0 Å². The predicted octanol–water partition coefficient (Wildman–Crippen LogP) is 1.53. The maximum absolute atomic E-state index is 11.7. The second-order valence-electron chi connectivity index (χ2n) is 4.85. The minimum Gasteiger partial charge on any atom is -0.369 e. The topological polar surface area (TPSA) is 44.4 Å². The van der Waals surface area contributed by atoms with Crippen LogP contribution in [0.5, 0.6) is 0 Å². The van der Waals surface area contributed by atoms with Gasteiger partial charge >= 0.3 is 0 Å². The largest absolute Gasteiger partial charge is 0.369 e. The smallest absolute Gasteiger partial charge is 0.237 e. The number of rotatable bonds is 2. The van der Waals surface area contributed by atoms with Gasteiger partial charge in [0.2, 0.25) is 5.91 Å². The number of nitrogens with zero attached hydrogens (tertiary/aromatic N) is 1. The van der Waals surface area contributed by atoms with Crippen molar-refractivity contribution in [3.05, 3.63) is 18.2 Å². The highest BCUT2D eigenvalue weighted by Gasteiger charge is 2.25. The Labute approximate surface area is 111 Å². The van der Waals surface area contributed by atoms with Crippen molar-refractivity contribution in [1.82, 2.24) is 5.32 Å². The van der Waals surface area contributed by atoms with Gasteiger partial charge in [-0.05, 0) is 25.1 Å². The summed E-state index contributed by atoms with van der Waals surface area (Å²) in [5.41, 5.74) is 2.11. The molecule has 0 bridgehead atoms. The minimum atomic E-state index is -0.00286. The van der Waals surface area contributed by atoms with Gasteiger partial charge in [0, 0.05) is 30.7 Å². The van der Waals surface area contributed by atoms with Crippen LogP contribution < -0.4 is 15.5 Å². The Kier molecular flexibility index (Phi) is 2.95. The van der Waals surface area contributed by atoms with E-state index in [-0.39, 0.29) is 11.2 Å². The van der Waals surface area contributed by atoms with Crippen LogP contribution in [0.15, 0.2) is 23.1 Å². The van der Waals surface area contributed by atoms with E-state index in [2.05, 4.69) is 40.8 Å². The molecule has 1 saturated heterocycles. The minimum absolute atomic E-state index is 0.00286. The Morgan fingerprint density at radius 1 is 1.39 bits per heavy atom. The molecule has 1 unspecified atom stereocenters. The first kappa shape index (κ1) is 11.9. The summed E-state index contributed by atoms with van der Waals surface area (Å²) in [6, 6.07) is 6.88. The molecular weight excluding hydrogens is 246 g/mol. The molecule has 1 aromatic rings. The number of fused-ring (bicyclic) bond motifs is 1. The number of benzene rings is 1. The van der Waals surface area contributed by atoms with E-state index < -0.39 is 0 Å². The number of carbonyl (C=O) groups is 1. The molecule has 0 saturated carbocycles. The van der Waals surface area contributed by atoms with Gasteiger partial charge in [-0.2, -0.15) is 0 Å². The van der Waals surface area contributed by atoms with Crippen molar-refractivity contribution >= 4 is 29.0 Å². The molecule has 0 spiro atoms. The summed E-state index contributed by atoms with van der Waals surface area (Å²) >= 11 is 1.63. The molecule has 3 rings (SSSR count). The van der Waals surface area contributed by atoms with Crippen LogP contribution in [0.3, 0.4) is 0 Å². The lowest BCUT2D eigenvalue weighted by atomic mass is 10.1. The number of hydrogen-bond acceptors (Lipinski definition) is 4. The maximum atomic E-state index is 11.7. The highest BCUT2D eigenvalue weighted by Crippen LogP contribution is 2.37. The van der Waals surface area contributed by atoms with E-state index in [4.69, 9.17) is 0 Å². The molecular formula is C13H17N3OS. The van der Waals surface area contributed by atoms with Gasteiger partial charge in [0.25, 0.3) is 0 Å². The van der Waals surface area contributed by atoms with E-state index in [0.29, 0.717) is 6.04 Å². The third-order valence-electron chi connectivity index (χ3n) is 3.61. The molecule has 2 heterocycles. The van der Waals surface area contributed by atoms with Crippen LogP contribution in [0.1, 0.15) is 6.92 Å². The molecule has 0 radical (unpaired) electrons. The zero-order valence-corrected chi connectivity index (χ0v) is 11.4. The van der Waals surface area contributed by atoms with Crippen LogP contribution in [-0.4, -0.2) is 37.3 Å². The summed E-state index contributed by atoms with van der Waals surface area (Å²) in [5.74, 6) is 0.0950. The fourth-order valence-corrected chi connectivity index (χ4v) is 3.10. The molecule has 4 nitrogen and oxygen atoms in total. The fraction of sp³-hybridized carbons (Fsp3) is 0.462. The highest BCUT2D eigenvalue weighted by molar-refractivity contribution is 8.00. The molecule has 2 N–H and O–H groups in total. The van der Waals surface area contributed by atoms with Gasteiger partial charge in [-0.3, -0.25) is 4.79 Å². The van der Waals surface area contributed by atoms with Crippen LogP contribution in [0.4, 0.5) is 11.4 Å². The predicted molar refractivity (Wildman–Crippen MR) is 75.5 cm³/mol. The molecule has 1 atom stereocenters. The number of nitrogens with one attached hydrogen (secondary N) is 2. The van der Waals surface area contributed by atoms with Gasteiger partial charge in [-0.1, -0.05) is 0 Å². The van der Waals surface area contributed by atoms with E-state index >= 15 is 0 Å². The number of carbonyl (C=O) groups excluding carboxylic acids is 1. The van der Waals surface area contributed by atoms with E-state index in [1.54, 1.807) is 11.8 Å². The summed E-state index contributed by atoms with van der Waals surface area (Å²) < 4.78 is 0. The second kappa shape index (κ2) is 4.48. The lowest BCUT2D eigenvalue weighted by Crippen LogP contribution is -2.56. The van der Waals surface area contributed by atoms with Crippen LogP contribution in [0.2, 0.25) is 0 Å². The lowest BCUT2D eigenvalue weighted by molar-refractivity contribution is -0.115. The first-order chi connectivity index (χ1) is 8.65. The van der Waals surface area contributed by atoms with Crippen LogP contribution >= 0.6 is 11.8 Å². The van der Waals surface area contributed by atoms with Crippen molar-refractivity contribution in [2.24, 2.45) is 0 Å². The van der Waals surface area contributed by atoms with E-state index in [1.807, 2.05) is 6.92 Å². The first-order valence-electron chi connectivity index (χ1n) is 6.20. The molecule has 1 aromatic carbocycles. The van der Waals surface area contributed by atoms with Crippen molar-refractivity contribution in [3.63, 3.8) is 0 Å². The fourth-order valence-electron chi connectivity index (χ4n) is 2.17. The van der Waals surface area contributed by atoms with Crippen LogP contribution in [0, 0.1) is 0 Å². The van der Waals surface area contributed by atoms with E-state index in [0.717, 1.165) is 29.4 Å². The monoisotopic (exact) mass is 263 g/mol. The Morgan fingerprint density at radius 3 is 2.83 bits per heavy atom. The lowest BCUT2D eigenvalue weighted by Gasteiger charge is -2.37. The molecule has 18 heavy (non-hydrogen) atoms. The highest BCUT2D eigenvalue weighted by atomic mass is 32.2. The van der Waals surface area contributed by atoms with Crippen molar-refractivity contribution in [1.29, 1.82) is 0 Å². The van der Waals surface area contributed by atoms with Crippen molar-refractivity contribution in [2.45, 2.75) is 23.1 Å². The molecule has 2 aliphatic rings. The Hall–Kier alpha value is -1.20. The average molecular weight is 263 g/mol. The van der Waals surface area contributed by atoms with Gasteiger partial charge in [-0.15, -0.1) is 11.8 Å². The van der Waals surface area contributed by atoms with Crippen LogP contribution in [-0.2, 0) is 4.79 Å². The zero-order chi connectivity index (χ0) is 12.7. The summed E-state index contributed by atoms with van der Waals surface area (Å²) in [6.07, 6.45) is 0. The number of likely N-dealkylation sites (N-methyl/N-ethyl adjacent to an activating group) is 1. The third kappa shape index (κ3) is 1.97. The Bertz CT molecular complexity index is 487. The molecule has 0 aliphatic carbocycles. The van der Waals surface area contributed by atoms with Gasteiger partial charge in [0.15, 0.2) is 0 Å². The Morgan fingerprint density at radius 2 is 2.17 bits per heavy atom. The quantitative estimate of drug-likeness (QED) is 0.849.